The van der Waals surface area contributed by atoms with Crippen LogP contribution in [0.1, 0.15) is 82.5 Å². The highest BCUT2D eigenvalue weighted by Crippen LogP contribution is 2.58. The number of carbonyl (C=O) groups is 2. The van der Waals surface area contributed by atoms with Gasteiger partial charge in [-0.3, -0.25) is 14.0 Å². The van der Waals surface area contributed by atoms with Crippen LogP contribution in [0.5, 0.6) is 17.2 Å². The van der Waals surface area contributed by atoms with Crippen molar-refractivity contribution in [3.63, 3.8) is 0 Å². The molecule has 1 amide bonds. The number of carboxylic acid groups (broad SMARTS) is 1. The molecule has 0 bridgehead atoms. The molecule has 1 aliphatic heterocycles. The van der Waals surface area contributed by atoms with Gasteiger partial charge in [-0.25, -0.2) is 0 Å². The van der Waals surface area contributed by atoms with E-state index in [9.17, 15) is 14.7 Å². The monoisotopic (exact) mass is 531 g/mol. The first-order valence-corrected chi connectivity index (χ1v) is 13.7. The van der Waals surface area contributed by atoms with Gasteiger partial charge in [-0.15, -0.1) is 0 Å². The van der Waals surface area contributed by atoms with Gasteiger partial charge in [0.25, 0.3) is 5.91 Å². The maximum absolute atomic E-state index is 12.9. The van der Waals surface area contributed by atoms with E-state index in [1.165, 1.54) is 4.42 Å². The van der Waals surface area contributed by atoms with E-state index >= 15 is 0 Å². The number of nitrogens with zero attached hydrogens (tertiary/aromatic N) is 1. The summed E-state index contributed by atoms with van der Waals surface area (Å²) in [7, 11) is 0. The van der Waals surface area contributed by atoms with Crippen LogP contribution in [0.15, 0.2) is 60.7 Å². The van der Waals surface area contributed by atoms with Crippen LogP contribution < -0.4 is 9.47 Å². The van der Waals surface area contributed by atoms with Crippen LogP contribution in [0.4, 0.5) is 0 Å². The Morgan fingerprint density at radius 3 is 2.32 bits per heavy atom. The molecule has 6 rings (SSSR count). The zero-order valence-electron chi connectivity index (χ0n) is 21.1. The predicted octanol–water partition coefficient (Wildman–Crippen LogP) is 7.02. The molecule has 1 unspecified atom stereocenters. The Bertz CT molecular complexity index is 1350. The molecule has 196 valence electrons. The minimum Gasteiger partial charge on any atom is -0.493 e. The number of carbonyl (C=O) groups excluding carboxylic acids is 1. The van der Waals surface area contributed by atoms with Crippen LogP contribution in [-0.2, 0) is 11.2 Å². The minimum atomic E-state index is -0.802. The van der Waals surface area contributed by atoms with Gasteiger partial charge in [-0.2, -0.15) is 0 Å². The molecule has 2 fully saturated rings. The summed E-state index contributed by atoms with van der Waals surface area (Å²) in [6.45, 7) is 0.798. The van der Waals surface area contributed by atoms with Gasteiger partial charge in [0.05, 0.1) is 12.5 Å². The molecule has 2 saturated carbocycles. The van der Waals surface area contributed by atoms with Gasteiger partial charge in [0, 0.05) is 35.0 Å². The third kappa shape index (κ3) is 5.10. The summed E-state index contributed by atoms with van der Waals surface area (Å²) in [5.74, 6) is 1.22. The zero-order valence-corrected chi connectivity index (χ0v) is 21.8. The van der Waals surface area contributed by atoms with E-state index in [4.69, 9.17) is 21.3 Å². The van der Waals surface area contributed by atoms with Crippen molar-refractivity contribution in [3.05, 3.63) is 88.5 Å². The quantitative estimate of drug-likeness (QED) is 0.300. The molecule has 1 N–H and O–H groups in total. The van der Waals surface area contributed by atoms with Gasteiger partial charge in [-0.05, 0) is 91.8 Å². The largest absolute Gasteiger partial charge is 0.493 e. The Kier molecular flexibility index (Phi) is 6.75. The van der Waals surface area contributed by atoms with Crippen molar-refractivity contribution in [2.75, 3.05) is 13.2 Å². The molecular formula is C31H30ClNO5. The summed E-state index contributed by atoms with van der Waals surface area (Å²) in [5.41, 5.74) is 4.50. The number of hydrogen-bond acceptors (Lipinski definition) is 4. The lowest BCUT2D eigenvalue weighted by molar-refractivity contribution is -0.139. The number of amides is 1. The maximum atomic E-state index is 12.9. The molecule has 7 heteroatoms. The van der Waals surface area contributed by atoms with Crippen LogP contribution in [0.25, 0.3) is 0 Å². The van der Waals surface area contributed by atoms with E-state index in [-0.39, 0.29) is 5.91 Å². The number of halogens is 1. The summed E-state index contributed by atoms with van der Waals surface area (Å²) in [6, 6.07) is 19.0. The van der Waals surface area contributed by atoms with Crippen molar-refractivity contribution in [2.45, 2.75) is 56.3 Å². The zero-order chi connectivity index (χ0) is 26.2. The van der Waals surface area contributed by atoms with Crippen molar-refractivity contribution < 1.29 is 24.2 Å². The Morgan fingerprint density at radius 1 is 0.947 bits per heavy atom. The van der Waals surface area contributed by atoms with Crippen LogP contribution in [0.3, 0.4) is 0 Å². The average Bonchev–Trinajstić information content (AvgIpc) is 3.86. The molecule has 0 spiro atoms. The third-order valence-corrected chi connectivity index (χ3v) is 7.96. The van der Waals surface area contributed by atoms with Crippen molar-refractivity contribution in [1.29, 1.82) is 0 Å². The van der Waals surface area contributed by atoms with Gasteiger partial charge in [0.15, 0.2) is 0 Å². The SMILES string of the molecule is O=C(O)C1CCOc2c1cc(C1CC1)c(Oc1ccc(C(=O)N(Cl)CCc3ccccc3)cc1)c2C1CC1. The van der Waals surface area contributed by atoms with E-state index in [1.54, 1.807) is 24.3 Å². The fourth-order valence-electron chi connectivity index (χ4n) is 5.27. The molecule has 3 aromatic rings. The highest BCUT2D eigenvalue weighted by atomic mass is 35.5. The van der Waals surface area contributed by atoms with Gasteiger partial charge in [-0.1, -0.05) is 30.3 Å². The van der Waals surface area contributed by atoms with Crippen molar-refractivity contribution in [3.8, 4) is 17.2 Å². The van der Waals surface area contributed by atoms with Gasteiger partial charge in [0.2, 0.25) is 0 Å². The number of hydrogen-bond donors (Lipinski definition) is 1. The third-order valence-electron chi connectivity index (χ3n) is 7.64. The van der Waals surface area contributed by atoms with Gasteiger partial charge in [0.1, 0.15) is 17.2 Å². The number of ether oxygens (including phenoxy) is 2. The molecule has 2 aliphatic carbocycles. The Hall–Kier alpha value is -3.51. The highest BCUT2D eigenvalue weighted by Gasteiger charge is 2.41. The first kappa shape index (κ1) is 24.8. The molecule has 0 aromatic heterocycles. The van der Waals surface area contributed by atoms with Crippen LogP contribution in [0, 0.1) is 0 Å². The first-order chi connectivity index (χ1) is 18.5. The number of carboxylic acids is 1. The van der Waals surface area contributed by atoms with Crippen LogP contribution in [0.2, 0.25) is 0 Å². The van der Waals surface area contributed by atoms with Crippen LogP contribution >= 0.6 is 11.8 Å². The molecule has 1 atom stereocenters. The normalized spacial score (nSPS) is 18.3. The lowest BCUT2D eigenvalue weighted by atomic mass is 9.86. The van der Waals surface area contributed by atoms with Crippen LogP contribution in [-0.4, -0.2) is 34.6 Å². The highest BCUT2D eigenvalue weighted by molar-refractivity contribution is 6.24. The van der Waals surface area contributed by atoms with Crippen molar-refractivity contribution in [2.24, 2.45) is 0 Å². The molecular weight excluding hydrogens is 502 g/mol. The van der Waals surface area contributed by atoms with E-state index in [2.05, 4.69) is 0 Å². The first-order valence-electron chi connectivity index (χ1n) is 13.4. The fraction of sp³-hybridized carbons (Fsp3) is 0.355. The smallest absolute Gasteiger partial charge is 0.311 e. The Labute approximate surface area is 227 Å². The summed E-state index contributed by atoms with van der Waals surface area (Å²) < 4.78 is 13.8. The minimum absolute atomic E-state index is 0.256. The van der Waals surface area contributed by atoms with E-state index in [0.29, 0.717) is 54.9 Å². The van der Waals surface area contributed by atoms with Gasteiger partial charge >= 0.3 is 5.97 Å². The lowest BCUT2D eigenvalue weighted by Gasteiger charge is -2.28. The van der Waals surface area contributed by atoms with Gasteiger partial charge < -0.3 is 14.6 Å². The molecule has 6 nitrogen and oxygen atoms in total. The number of benzene rings is 3. The summed E-state index contributed by atoms with van der Waals surface area (Å²) in [6.07, 6.45) is 5.38. The molecule has 0 radical (unpaired) electrons. The Balaban J connectivity index is 1.24. The molecule has 0 saturated heterocycles. The van der Waals surface area contributed by atoms with E-state index in [0.717, 1.165) is 53.7 Å². The average molecular weight is 532 g/mol. The van der Waals surface area contributed by atoms with E-state index < -0.39 is 11.9 Å². The number of rotatable bonds is 9. The fourth-order valence-corrected chi connectivity index (χ4v) is 5.46. The predicted molar refractivity (Wildman–Crippen MR) is 144 cm³/mol. The standard InChI is InChI=1S/C31H30ClNO5/c32-33(16-14-19-4-2-1-3-5-19)30(34)22-10-12-23(13-11-22)38-29-25(20-6-7-20)18-26-24(31(35)36)15-17-37-28(26)27(29)21-8-9-21/h1-5,10-13,18,20-21,24H,6-9,14-17H2,(H,35,36). The molecule has 3 aliphatic rings. The summed E-state index contributed by atoms with van der Waals surface area (Å²) in [4.78, 5) is 24.9. The second kappa shape index (κ2) is 10.3. The van der Waals surface area contributed by atoms with Crippen molar-refractivity contribution >= 4 is 23.7 Å². The summed E-state index contributed by atoms with van der Waals surface area (Å²) in [5, 5.41) is 9.85. The maximum Gasteiger partial charge on any atom is 0.311 e. The number of fused-ring (bicyclic) bond motifs is 1. The summed E-state index contributed by atoms with van der Waals surface area (Å²) >= 11 is 6.31. The number of aliphatic carboxylic acids is 1. The Morgan fingerprint density at radius 2 is 1.66 bits per heavy atom. The topological polar surface area (TPSA) is 76.1 Å². The van der Waals surface area contributed by atoms with E-state index in [1.807, 2.05) is 36.4 Å². The molecule has 3 aromatic carbocycles. The second-order valence-corrected chi connectivity index (χ2v) is 10.9. The lowest BCUT2D eigenvalue weighted by Crippen LogP contribution is -2.23. The second-order valence-electron chi connectivity index (χ2n) is 10.5. The van der Waals surface area contributed by atoms with Crippen molar-refractivity contribution in [1.82, 2.24) is 4.42 Å². The molecule has 38 heavy (non-hydrogen) atoms. The molecule has 1 heterocycles.